The molecule has 3 rings (SSSR count). The molecule has 1 saturated heterocycles. The number of nitrogens with two attached hydrogens (primary N) is 1. The molecule has 1 heterocycles. The highest BCUT2D eigenvalue weighted by molar-refractivity contribution is 5.94. The Morgan fingerprint density at radius 1 is 0.962 bits per heavy atom. The summed E-state index contributed by atoms with van der Waals surface area (Å²) in [5.41, 5.74) is 6.31. The monoisotopic (exact) mass is 381 g/mol. The molecule has 0 bridgehead atoms. The third-order valence-electron chi connectivity index (χ3n) is 5.36. The van der Waals surface area contributed by atoms with Crippen molar-refractivity contribution in [1.82, 2.24) is 9.80 Å². The zero-order valence-electron chi connectivity index (χ0n) is 15.3. The van der Waals surface area contributed by atoms with E-state index in [0.29, 0.717) is 31.7 Å². The first-order chi connectivity index (χ1) is 12.0. The van der Waals surface area contributed by atoms with Crippen molar-refractivity contribution in [3.63, 3.8) is 0 Å². The van der Waals surface area contributed by atoms with Gasteiger partial charge in [0.2, 0.25) is 5.91 Å². The van der Waals surface area contributed by atoms with Crippen LogP contribution in [-0.2, 0) is 4.79 Å². The van der Waals surface area contributed by atoms with E-state index in [9.17, 15) is 9.59 Å². The van der Waals surface area contributed by atoms with Crippen LogP contribution in [0.4, 0.5) is 0 Å². The molecule has 2 N–H and O–H groups in total. The van der Waals surface area contributed by atoms with Crippen molar-refractivity contribution in [2.24, 2.45) is 5.73 Å². The van der Waals surface area contributed by atoms with Gasteiger partial charge in [0.1, 0.15) is 5.75 Å². The van der Waals surface area contributed by atoms with E-state index in [1.165, 1.54) is 0 Å². The molecule has 7 heteroatoms. The lowest BCUT2D eigenvalue weighted by Crippen LogP contribution is -2.60. The van der Waals surface area contributed by atoms with E-state index in [-0.39, 0.29) is 24.2 Å². The van der Waals surface area contributed by atoms with Crippen molar-refractivity contribution in [3.8, 4) is 5.75 Å². The lowest BCUT2D eigenvalue weighted by molar-refractivity contribution is -0.139. The minimum Gasteiger partial charge on any atom is -0.497 e. The van der Waals surface area contributed by atoms with Crippen LogP contribution in [0.3, 0.4) is 0 Å². The van der Waals surface area contributed by atoms with E-state index < -0.39 is 5.54 Å². The molecule has 26 heavy (non-hydrogen) atoms. The number of carbonyl (C=O) groups excluding carboxylic acids is 2. The number of hydrogen-bond donors (Lipinski definition) is 1. The molecule has 1 saturated carbocycles. The van der Waals surface area contributed by atoms with Crippen LogP contribution < -0.4 is 10.5 Å². The number of methoxy groups -OCH3 is 1. The van der Waals surface area contributed by atoms with Gasteiger partial charge in [-0.2, -0.15) is 0 Å². The van der Waals surface area contributed by atoms with Crippen molar-refractivity contribution < 1.29 is 14.3 Å². The van der Waals surface area contributed by atoms with Gasteiger partial charge in [-0.25, -0.2) is 0 Å². The second kappa shape index (κ2) is 8.73. The fourth-order valence-corrected chi connectivity index (χ4v) is 3.74. The number of nitrogens with zero attached hydrogens (tertiary/aromatic N) is 2. The quantitative estimate of drug-likeness (QED) is 0.869. The number of rotatable bonds is 3. The summed E-state index contributed by atoms with van der Waals surface area (Å²) < 4.78 is 5.12. The zero-order valence-corrected chi connectivity index (χ0v) is 16.1. The maximum atomic E-state index is 12.8. The number of carbonyl (C=O) groups is 2. The molecule has 1 aromatic rings. The average Bonchev–Trinajstić information content (AvgIpc) is 2.67. The zero-order chi connectivity index (χ0) is 17.9. The number of benzene rings is 1. The van der Waals surface area contributed by atoms with E-state index in [1.54, 1.807) is 36.3 Å². The van der Waals surface area contributed by atoms with Gasteiger partial charge in [-0.05, 0) is 37.1 Å². The number of ether oxygens (including phenoxy) is 1. The van der Waals surface area contributed by atoms with E-state index in [2.05, 4.69) is 0 Å². The normalized spacial score (nSPS) is 19.5. The third-order valence-corrected chi connectivity index (χ3v) is 5.36. The van der Waals surface area contributed by atoms with Crippen LogP contribution in [0.2, 0.25) is 0 Å². The number of piperazine rings is 1. The number of hydrogen-bond acceptors (Lipinski definition) is 4. The van der Waals surface area contributed by atoms with Crippen molar-refractivity contribution in [2.45, 2.75) is 37.6 Å². The van der Waals surface area contributed by atoms with Gasteiger partial charge in [0.25, 0.3) is 5.91 Å². The maximum absolute atomic E-state index is 12.8. The Morgan fingerprint density at radius 2 is 1.50 bits per heavy atom. The van der Waals surface area contributed by atoms with E-state index in [1.807, 2.05) is 4.90 Å². The summed E-state index contributed by atoms with van der Waals surface area (Å²) in [4.78, 5) is 29.0. The molecule has 144 valence electrons. The summed E-state index contributed by atoms with van der Waals surface area (Å²) in [6.45, 7) is 2.21. The van der Waals surface area contributed by atoms with Crippen molar-refractivity contribution >= 4 is 24.2 Å². The number of halogens is 1. The van der Waals surface area contributed by atoms with Crippen molar-refractivity contribution in [1.29, 1.82) is 0 Å². The highest BCUT2D eigenvalue weighted by atomic mass is 35.5. The molecule has 1 aliphatic heterocycles. The molecule has 2 amide bonds. The first kappa shape index (κ1) is 20.5. The SMILES string of the molecule is COc1ccc(C(=O)N2CCN(C(=O)C3(N)CCCCC3)CC2)cc1.Cl. The highest BCUT2D eigenvalue weighted by Gasteiger charge is 2.39. The van der Waals surface area contributed by atoms with Crippen LogP contribution in [0.1, 0.15) is 42.5 Å². The lowest BCUT2D eigenvalue weighted by atomic mass is 9.81. The van der Waals surface area contributed by atoms with Gasteiger partial charge in [-0.1, -0.05) is 19.3 Å². The van der Waals surface area contributed by atoms with Gasteiger partial charge >= 0.3 is 0 Å². The number of amides is 2. The maximum Gasteiger partial charge on any atom is 0.253 e. The van der Waals surface area contributed by atoms with E-state index in [0.717, 1.165) is 37.9 Å². The second-order valence-corrected chi connectivity index (χ2v) is 7.03. The Kier molecular flexibility index (Phi) is 6.89. The van der Waals surface area contributed by atoms with Gasteiger partial charge in [0.05, 0.1) is 12.6 Å². The van der Waals surface area contributed by atoms with Crippen LogP contribution in [-0.4, -0.2) is 60.4 Å². The van der Waals surface area contributed by atoms with E-state index >= 15 is 0 Å². The molecule has 0 aromatic heterocycles. The van der Waals surface area contributed by atoms with Crippen molar-refractivity contribution in [2.75, 3.05) is 33.3 Å². The summed E-state index contributed by atoms with van der Waals surface area (Å²) in [5, 5.41) is 0. The van der Waals surface area contributed by atoms with E-state index in [4.69, 9.17) is 10.5 Å². The average molecular weight is 382 g/mol. The summed E-state index contributed by atoms with van der Waals surface area (Å²) in [5.74, 6) is 0.784. The van der Waals surface area contributed by atoms with Gasteiger partial charge in [-0.15, -0.1) is 12.4 Å². The Balaban J connectivity index is 0.00000243. The molecule has 0 radical (unpaired) electrons. The third kappa shape index (κ3) is 4.30. The summed E-state index contributed by atoms with van der Waals surface area (Å²) in [6, 6.07) is 7.12. The summed E-state index contributed by atoms with van der Waals surface area (Å²) >= 11 is 0. The van der Waals surface area contributed by atoms with Gasteiger partial charge in [0, 0.05) is 31.7 Å². The first-order valence-corrected chi connectivity index (χ1v) is 9.05. The molecule has 1 aromatic carbocycles. The summed E-state index contributed by atoms with van der Waals surface area (Å²) in [7, 11) is 1.60. The fraction of sp³-hybridized carbons (Fsp3) is 0.579. The molecular formula is C19H28ClN3O3. The Hall–Kier alpha value is -1.79. The van der Waals surface area contributed by atoms with Crippen LogP contribution >= 0.6 is 12.4 Å². The van der Waals surface area contributed by atoms with Crippen LogP contribution in [0.5, 0.6) is 5.75 Å². The Bertz CT molecular complexity index is 621. The minimum absolute atomic E-state index is 0. The lowest BCUT2D eigenvalue weighted by Gasteiger charge is -2.41. The standard InChI is InChI=1S/C19H27N3O3.ClH/c1-25-16-7-5-15(6-8-16)17(23)21-11-13-22(14-12-21)18(24)19(20)9-3-2-4-10-19;/h5-8H,2-4,9-14,20H2,1H3;1H. The Morgan fingerprint density at radius 3 is 2.04 bits per heavy atom. The van der Waals surface area contributed by atoms with Gasteiger partial charge in [0.15, 0.2) is 0 Å². The molecule has 0 atom stereocenters. The smallest absolute Gasteiger partial charge is 0.253 e. The van der Waals surface area contributed by atoms with Crippen LogP contribution in [0.15, 0.2) is 24.3 Å². The summed E-state index contributed by atoms with van der Waals surface area (Å²) in [6.07, 6.45) is 4.76. The fourth-order valence-electron chi connectivity index (χ4n) is 3.74. The molecule has 0 unspecified atom stereocenters. The first-order valence-electron chi connectivity index (χ1n) is 9.05. The van der Waals surface area contributed by atoms with Gasteiger partial charge in [-0.3, -0.25) is 9.59 Å². The topological polar surface area (TPSA) is 75.9 Å². The molecule has 2 fully saturated rings. The predicted octanol–water partition coefficient (Wildman–Crippen LogP) is 2.06. The Labute approximate surface area is 161 Å². The van der Waals surface area contributed by atoms with Gasteiger partial charge < -0.3 is 20.3 Å². The molecule has 6 nitrogen and oxygen atoms in total. The molecule has 2 aliphatic rings. The molecular weight excluding hydrogens is 354 g/mol. The largest absolute Gasteiger partial charge is 0.497 e. The van der Waals surface area contributed by atoms with Crippen LogP contribution in [0, 0.1) is 0 Å². The second-order valence-electron chi connectivity index (χ2n) is 7.03. The predicted molar refractivity (Wildman–Crippen MR) is 103 cm³/mol. The minimum atomic E-state index is -0.694. The van der Waals surface area contributed by atoms with Crippen molar-refractivity contribution in [3.05, 3.63) is 29.8 Å². The molecule has 1 aliphatic carbocycles. The highest BCUT2D eigenvalue weighted by Crippen LogP contribution is 2.28. The molecule has 0 spiro atoms. The van der Waals surface area contributed by atoms with Crippen LogP contribution in [0.25, 0.3) is 0 Å².